The summed E-state index contributed by atoms with van der Waals surface area (Å²) < 4.78 is 7.73. The van der Waals surface area contributed by atoms with E-state index in [0.29, 0.717) is 13.0 Å². The molecule has 1 saturated carbocycles. The monoisotopic (exact) mass is 330 g/mol. The molecule has 0 amide bonds. The Bertz CT molecular complexity index is 722. The van der Waals surface area contributed by atoms with Crippen molar-refractivity contribution in [2.24, 2.45) is 11.3 Å². The average molecular weight is 330 g/mol. The van der Waals surface area contributed by atoms with Crippen molar-refractivity contribution in [2.75, 3.05) is 0 Å². The van der Waals surface area contributed by atoms with E-state index >= 15 is 0 Å². The van der Waals surface area contributed by atoms with Gasteiger partial charge in [-0.25, -0.2) is 4.98 Å². The normalized spacial score (nSPS) is 38.8. The number of carbonyl (C=O) groups is 1. The van der Waals surface area contributed by atoms with E-state index in [4.69, 9.17) is 4.74 Å². The number of fused-ring (bicyclic) bond motifs is 3. The molecule has 0 spiro atoms. The van der Waals surface area contributed by atoms with Crippen LogP contribution in [0, 0.1) is 18.3 Å². The number of rotatable bonds is 2. The Kier molecular flexibility index (Phi) is 3.43. The second-order valence-corrected chi connectivity index (χ2v) is 8.10. The molecule has 0 bridgehead atoms. The van der Waals surface area contributed by atoms with Gasteiger partial charge in [0, 0.05) is 18.9 Å². The molecule has 0 aromatic carbocycles. The van der Waals surface area contributed by atoms with Crippen LogP contribution in [0.5, 0.6) is 0 Å². The highest BCUT2D eigenvalue weighted by atomic mass is 16.6. The molecular formula is C19H26N2O3. The van der Waals surface area contributed by atoms with Crippen molar-refractivity contribution in [1.29, 1.82) is 0 Å². The lowest BCUT2D eigenvalue weighted by Crippen LogP contribution is -2.54. The first-order chi connectivity index (χ1) is 11.3. The predicted octanol–water partition coefficient (Wildman–Crippen LogP) is 2.76. The van der Waals surface area contributed by atoms with Gasteiger partial charge in [0.15, 0.2) is 6.10 Å². The van der Waals surface area contributed by atoms with Crippen molar-refractivity contribution in [2.45, 2.75) is 71.1 Å². The molecule has 1 saturated heterocycles. The Labute approximate surface area is 142 Å². The maximum Gasteiger partial charge on any atom is 0.314 e. The first-order valence-corrected chi connectivity index (χ1v) is 8.96. The van der Waals surface area contributed by atoms with Crippen LogP contribution in [0.1, 0.15) is 51.8 Å². The highest BCUT2D eigenvalue weighted by molar-refractivity contribution is 5.78. The van der Waals surface area contributed by atoms with Gasteiger partial charge in [-0.3, -0.25) is 4.79 Å². The van der Waals surface area contributed by atoms with E-state index in [1.54, 1.807) is 6.20 Å². The number of allylic oxidation sites excluding steroid dienone is 1. The number of nitrogens with zero attached hydrogens (tertiary/aromatic N) is 2. The Morgan fingerprint density at radius 1 is 1.38 bits per heavy atom. The highest BCUT2D eigenvalue weighted by Gasteiger charge is 2.63. The molecule has 2 aliphatic carbocycles. The smallest absolute Gasteiger partial charge is 0.314 e. The molecule has 4 atom stereocenters. The maximum atomic E-state index is 12.6. The molecule has 1 aromatic rings. The molecule has 1 aromatic heterocycles. The number of ether oxygens (including phenoxy) is 1. The summed E-state index contributed by atoms with van der Waals surface area (Å²) in [6, 6.07) is 0. The first-order valence-electron chi connectivity index (χ1n) is 8.96. The van der Waals surface area contributed by atoms with Crippen molar-refractivity contribution in [3.63, 3.8) is 0 Å². The Balaban J connectivity index is 1.72. The SMILES string of the molecule is CC1=C2[C@@H]3OC(=O)C(Cn4ccnc4C)C3(O)CC[C@@]2(C)CCC1. The van der Waals surface area contributed by atoms with Gasteiger partial charge in [0.2, 0.25) is 0 Å². The van der Waals surface area contributed by atoms with Crippen molar-refractivity contribution in [3.8, 4) is 0 Å². The summed E-state index contributed by atoms with van der Waals surface area (Å²) in [7, 11) is 0. The number of esters is 1. The van der Waals surface area contributed by atoms with E-state index < -0.39 is 17.6 Å². The summed E-state index contributed by atoms with van der Waals surface area (Å²) >= 11 is 0. The Morgan fingerprint density at radius 3 is 2.88 bits per heavy atom. The highest BCUT2D eigenvalue weighted by Crippen LogP contribution is 2.57. The molecule has 2 fully saturated rings. The third-order valence-electron chi connectivity index (χ3n) is 6.61. The predicted molar refractivity (Wildman–Crippen MR) is 89.2 cm³/mol. The summed E-state index contributed by atoms with van der Waals surface area (Å²) in [5.41, 5.74) is 1.47. The number of imidazole rings is 1. The molecule has 24 heavy (non-hydrogen) atoms. The Morgan fingerprint density at radius 2 is 2.17 bits per heavy atom. The van der Waals surface area contributed by atoms with Gasteiger partial charge in [-0.15, -0.1) is 0 Å². The number of hydrogen-bond acceptors (Lipinski definition) is 4. The van der Waals surface area contributed by atoms with Gasteiger partial charge in [-0.05, 0) is 56.9 Å². The lowest BCUT2D eigenvalue weighted by molar-refractivity contribution is -0.144. The second-order valence-electron chi connectivity index (χ2n) is 8.10. The minimum atomic E-state index is -1.10. The molecule has 3 aliphatic rings. The standard InChI is InChI=1S/C19H26N2O3/c1-12-5-4-6-18(3)7-8-19(23)14(11-21-10-9-20-13(21)2)17(22)24-16(19)15(12)18/h9-10,14,16,23H,4-8,11H2,1-3H3/t14?,16-,18+,19?/m0/s1. The van der Waals surface area contributed by atoms with Crippen LogP contribution in [0.25, 0.3) is 0 Å². The van der Waals surface area contributed by atoms with Crippen molar-refractivity contribution in [1.82, 2.24) is 9.55 Å². The third kappa shape index (κ3) is 2.10. The number of aryl methyl sites for hydroxylation is 1. The van der Waals surface area contributed by atoms with Crippen LogP contribution < -0.4 is 0 Å². The molecule has 5 nitrogen and oxygen atoms in total. The summed E-state index contributed by atoms with van der Waals surface area (Å²) in [5.74, 6) is 0.0523. The largest absolute Gasteiger partial charge is 0.454 e. The number of aromatic nitrogens is 2. The molecule has 1 aliphatic heterocycles. The van der Waals surface area contributed by atoms with Crippen molar-refractivity contribution < 1.29 is 14.6 Å². The van der Waals surface area contributed by atoms with Crippen LogP contribution in [-0.2, 0) is 16.1 Å². The molecule has 1 N–H and O–H groups in total. The number of carbonyl (C=O) groups excluding carboxylic acids is 1. The summed E-state index contributed by atoms with van der Waals surface area (Å²) in [6.07, 6.45) is 7.99. The molecule has 5 heteroatoms. The second kappa shape index (κ2) is 5.19. The van der Waals surface area contributed by atoms with Crippen LogP contribution >= 0.6 is 0 Å². The molecule has 4 rings (SSSR count). The third-order valence-corrected chi connectivity index (χ3v) is 6.61. The summed E-state index contributed by atoms with van der Waals surface area (Å²) in [4.78, 5) is 16.8. The van der Waals surface area contributed by atoms with E-state index in [1.807, 2.05) is 17.7 Å². The van der Waals surface area contributed by atoms with E-state index in [1.165, 1.54) is 17.6 Å². The molecule has 0 radical (unpaired) electrons. The zero-order valence-corrected chi connectivity index (χ0v) is 14.7. The van der Waals surface area contributed by atoms with Gasteiger partial charge < -0.3 is 14.4 Å². The number of aliphatic hydroxyl groups is 1. The molecule has 2 heterocycles. The fraction of sp³-hybridized carbons (Fsp3) is 0.684. The zero-order valence-electron chi connectivity index (χ0n) is 14.7. The van der Waals surface area contributed by atoms with E-state index in [2.05, 4.69) is 18.8 Å². The van der Waals surface area contributed by atoms with E-state index in [-0.39, 0.29) is 11.4 Å². The molecule has 130 valence electrons. The number of hydrogen-bond donors (Lipinski definition) is 1. The minimum Gasteiger partial charge on any atom is -0.454 e. The van der Waals surface area contributed by atoms with Crippen LogP contribution in [0.4, 0.5) is 0 Å². The van der Waals surface area contributed by atoms with Gasteiger partial charge in [0.25, 0.3) is 0 Å². The van der Waals surface area contributed by atoms with Gasteiger partial charge in [-0.1, -0.05) is 12.5 Å². The fourth-order valence-electron chi connectivity index (χ4n) is 5.13. The zero-order chi connectivity index (χ0) is 17.1. The first kappa shape index (κ1) is 15.9. The minimum absolute atomic E-state index is 0.0688. The van der Waals surface area contributed by atoms with E-state index in [0.717, 1.165) is 25.1 Å². The van der Waals surface area contributed by atoms with Crippen molar-refractivity contribution in [3.05, 3.63) is 29.4 Å². The Hall–Kier alpha value is -1.62. The fourth-order valence-corrected chi connectivity index (χ4v) is 5.13. The van der Waals surface area contributed by atoms with Crippen molar-refractivity contribution >= 4 is 5.97 Å². The van der Waals surface area contributed by atoms with Crippen LogP contribution in [0.3, 0.4) is 0 Å². The quantitative estimate of drug-likeness (QED) is 0.669. The van der Waals surface area contributed by atoms with Crippen LogP contribution in [-0.4, -0.2) is 32.3 Å². The molecule has 2 unspecified atom stereocenters. The van der Waals surface area contributed by atoms with Crippen LogP contribution in [0.2, 0.25) is 0 Å². The van der Waals surface area contributed by atoms with Gasteiger partial charge in [0.05, 0.1) is 0 Å². The molecular weight excluding hydrogens is 304 g/mol. The van der Waals surface area contributed by atoms with E-state index in [9.17, 15) is 9.90 Å². The van der Waals surface area contributed by atoms with Gasteiger partial charge in [-0.2, -0.15) is 0 Å². The maximum absolute atomic E-state index is 12.6. The van der Waals surface area contributed by atoms with Gasteiger partial charge >= 0.3 is 5.97 Å². The summed E-state index contributed by atoms with van der Waals surface area (Å²) in [6.45, 7) is 6.75. The lowest BCUT2D eigenvalue weighted by atomic mass is 9.58. The average Bonchev–Trinajstić information content (AvgIpc) is 3.03. The lowest BCUT2D eigenvalue weighted by Gasteiger charge is -2.49. The van der Waals surface area contributed by atoms with Gasteiger partial charge in [0.1, 0.15) is 17.3 Å². The van der Waals surface area contributed by atoms with Crippen LogP contribution in [0.15, 0.2) is 23.5 Å². The topological polar surface area (TPSA) is 64.4 Å². The summed E-state index contributed by atoms with van der Waals surface area (Å²) in [5, 5.41) is 11.5.